The third kappa shape index (κ3) is 3.34. The second kappa shape index (κ2) is 5.64. The van der Waals surface area contributed by atoms with Gasteiger partial charge >= 0.3 is 5.97 Å². The molecule has 0 aliphatic heterocycles. The van der Waals surface area contributed by atoms with Gasteiger partial charge in [0.05, 0.1) is 12.7 Å². The van der Waals surface area contributed by atoms with Crippen molar-refractivity contribution in [3.05, 3.63) is 39.5 Å². The highest BCUT2D eigenvalue weighted by atomic mass is 127. The normalized spacial score (nSPS) is 10.4. The van der Waals surface area contributed by atoms with Gasteiger partial charge in [0.1, 0.15) is 5.75 Å². The first-order chi connectivity index (χ1) is 7.54. The number of methoxy groups -OCH3 is 1. The number of ketones is 1. The zero-order valence-corrected chi connectivity index (χ0v) is 10.6. The Morgan fingerprint density at radius 2 is 2.06 bits per heavy atom. The monoisotopic (exact) mass is 332 g/mol. The van der Waals surface area contributed by atoms with Crippen LogP contribution in [-0.2, 0) is 4.79 Å². The van der Waals surface area contributed by atoms with E-state index < -0.39 is 11.8 Å². The Bertz CT molecular complexity index is 451. The van der Waals surface area contributed by atoms with Gasteiger partial charge in [0.2, 0.25) is 0 Å². The predicted molar refractivity (Wildman–Crippen MR) is 66.8 cm³/mol. The van der Waals surface area contributed by atoms with Crippen LogP contribution in [0.15, 0.2) is 30.4 Å². The first kappa shape index (κ1) is 12.7. The quantitative estimate of drug-likeness (QED) is 0.521. The Balaban J connectivity index is 3.06. The second-order valence-corrected chi connectivity index (χ2v) is 4.13. The van der Waals surface area contributed by atoms with Crippen LogP contribution in [0.4, 0.5) is 0 Å². The molecule has 0 aromatic heterocycles. The summed E-state index contributed by atoms with van der Waals surface area (Å²) in [6.07, 6.45) is 1.82. The molecule has 0 fully saturated rings. The van der Waals surface area contributed by atoms with Gasteiger partial charge in [-0.05, 0) is 46.9 Å². The zero-order chi connectivity index (χ0) is 12.1. The molecule has 1 aromatic carbocycles. The summed E-state index contributed by atoms with van der Waals surface area (Å²) in [6, 6.07) is 5.12. The molecule has 0 unspecified atom stereocenters. The van der Waals surface area contributed by atoms with Crippen LogP contribution >= 0.6 is 22.6 Å². The smallest absolute Gasteiger partial charge is 0.328 e. The van der Waals surface area contributed by atoms with Crippen molar-refractivity contribution in [2.24, 2.45) is 0 Å². The summed E-state index contributed by atoms with van der Waals surface area (Å²) in [5, 5.41) is 8.42. The van der Waals surface area contributed by atoms with E-state index in [9.17, 15) is 9.59 Å². The molecule has 0 radical (unpaired) electrons. The van der Waals surface area contributed by atoms with Gasteiger partial charge in [-0.2, -0.15) is 0 Å². The number of carboxylic acids is 1. The van der Waals surface area contributed by atoms with E-state index in [1.165, 1.54) is 7.11 Å². The fourth-order valence-electron chi connectivity index (χ4n) is 1.11. The van der Waals surface area contributed by atoms with Crippen molar-refractivity contribution in [1.29, 1.82) is 0 Å². The zero-order valence-electron chi connectivity index (χ0n) is 8.44. The fraction of sp³-hybridized carbons (Fsp3) is 0.0909. The molecule has 0 heterocycles. The van der Waals surface area contributed by atoms with Crippen molar-refractivity contribution >= 4 is 34.3 Å². The van der Waals surface area contributed by atoms with Gasteiger partial charge in [0.15, 0.2) is 5.78 Å². The highest BCUT2D eigenvalue weighted by molar-refractivity contribution is 14.1. The molecule has 0 saturated heterocycles. The number of carboxylic acid groups (broad SMARTS) is 1. The number of halogens is 1. The number of rotatable bonds is 4. The molecule has 5 heteroatoms. The first-order valence-corrected chi connectivity index (χ1v) is 5.41. The van der Waals surface area contributed by atoms with E-state index in [2.05, 4.69) is 22.6 Å². The maximum Gasteiger partial charge on any atom is 0.328 e. The van der Waals surface area contributed by atoms with Gasteiger partial charge in [0, 0.05) is 9.65 Å². The molecule has 1 N–H and O–H groups in total. The molecule has 0 saturated carbocycles. The molecule has 0 aliphatic carbocycles. The highest BCUT2D eigenvalue weighted by Gasteiger charge is 2.10. The summed E-state index contributed by atoms with van der Waals surface area (Å²) in [5.74, 6) is -1.11. The second-order valence-electron chi connectivity index (χ2n) is 2.88. The Morgan fingerprint density at radius 3 is 2.62 bits per heavy atom. The summed E-state index contributed by atoms with van der Waals surface area (Å²) < 4.78 is 5.90. The number of aliphatic carboxylic acids is 1. The minimum absolute atomic E-state index is 0.354. The SMILES string of the molecule is COc1ccc(I)cc1C(=O)C=CC(=O)O. The Hall–Kier alpha value is -1.37. The Kier molecular flexibility index (Phi) is 4.48. The number of hydrogen-bond acceptors (Lipinski definition) is 3. The Labute approximate surface area is 106 Å². The van der Waals surface area contributed by atoms with E-state index in [1.54, 1.807) is 18.2 Å². The first-order valence-electron chi connectivity index (χ1n) is 4.33. The average molecular weight is 332 g/mol. The summed E-state index contributed by atoms with van der Waals surface area (Å²) in [5.41, 5.74) is 0.354. The number of benzene rings is 1. The third-order valence-electron chi connectivity index (χ3n) is 1.80. The van der Waals surface area contributed by atoms with E-state index in [1.807, 2.05) is 0 Å². The molecule has 0 amide bonds. The molecule has 1 rings (SSSR count). The van der Waals surface area contributed by atoms with Gasteiger partial charge in [-0.3, -0.25) is 4.79 Å². The molecular weight excluding hydrogens is 323 g/mol. The maximum atomic E-state index is 11.6. The molecule has 0 aliphatic rings. The van der Waals surface area contributed by atoms with Gasteiger partial charge in [-0.15, -0.1) is 0 Å². The predicted octanol–water partition coefficient (Wildman–Crippen LogP) is 2.12. The van der Waals surface area contributed by atoms with E-state index in [-0.39, 0.29) is 0 Å². The number of allylic oxidation sites excluding steroid dienone is 1. The average Bonchev–Trinajstić information content (AvgIpc) is 2.25. The van der Waals surface area contributed by atoms with Gasteiger partial charge < -0.3 is 9.84 Å². The van der Waals surface area contributed by atoms with E-state index in [0.29, 0.717) is 11.3 Å². The van der Waals surface area contributed by atoms with Crippen LogP contribution in [0.25, 0.3) is 0 Å². The van der Waals surface area contributed by atoms with Crippen LogP contribution in [0, 0.1) is 3.57 Å². The molecular formula is C11H9IO4. The van der Waals surface area contributed by atoms with Gasteiger partial charge in [-0.25, -0.2) is 4.79 Å². The van der Waals surface area contributed by atoms with E-state index in [4.69, 9.17) is 9.84 Å². The van der Waals surface area contributed by atoms with Crippen LogP contribution in [0.5, 0.6) is 5.75 Å². The van der Waals surface area contributed by atoms with Crippen molar-refractivity contribution in [3.63, 3.8) is 0 Å². The topological polar surface area (TPSA) is 63.6 Å². The lowest BCUT2D eigenvalue weighted by Gasteiger charge is -2.05. The molecule has 0 atom stereocenters. The standard InChI is InChI=1S/C11H9IO4/c1-16-10-4-2-7(12)6-8(10)9(13)3-5-11(14)15/h2-6H,1H3,(H,14,15). The van der Waals surface area contributed by atoms with Crippen LogP contribution in [-0.4, -0.2) is 24.0 Å². The number of ether oxygens (including phenoxy) is 1. The lowest BCUT2D eigenvalue weighted by molar-refractivity contribution is -0.131. The summed E-state index contributed by atoms with van der Waals surface area (Å²) in [7, 11) is 1.46. The van der Waals surface area contributed by atoms with E-state index >= 15 is 0 Å². The molecule has 16 heavy (non-hydrogen) atoms. The van der Waals surface area contributed by atoms with Gasteiger partial charge in [-0.1, -0.05) is 0 Å². The van der Waals surface area contributed by atoms with Gasteiger partial charge in [0.25, 0.3) is 0 Å². The van der Waals surface area contributed by atoms with Crippen molar-refractivity contribution in [2.45, 2.75) is 0 Å². The van der Waals surface area contributed by atoms with Crippen LogP contribution < -0.4 is 4.74 Å². The Morgan fingerprint density at radius 1 is 1.38 bits per heavy atom. The van der Waals surface area contributed by atoms with Crippen molar-refractivity contribution in [3.8, 4) is 5.75 Å². The summed E-state index contributed by atoms with van der Waals surface area (Å²) >= 11 is 2.07. The minimum Gasteiger partial charge on any atom is -0.496 e. The molecule has 0 spiro atoms. The number of carbonyl (C=O) groups is 2. The van der Waals surface area contributed by atoms with Crippen LogP contribution in [0.1, 0.15) is 10.4 Å². The van der Waals surface area contributed by atoms with E-state index in [0.717, 1.165) is 15.7 Å². The summed E-state index contributed by atoms with van der Waals surface area (Å²) in [6.45, 7) is 0. The molecule has 0 bridgehead atoms. The third-order valence-corrected chi connectivity index (χ3v) is 2.48. The summed E-state index contributed by atoms with van der Waals surface area (Å²) in [4.78, 5) is 21.9. The number of carbonyl (C=O) groups excluding carboxylic acids is 1. The van der Waals surface area contributed by atoms with Crippen molar-refractivity contribution < 1.29 is 19.4 Å². The minimum atomic E-state index is -1.15. The fourth-order valence-corrected chi connectivity index (χ4v) is 1.60. The van der Waals surface area contributed by atoms with Crippen LogP contribution in [0.3, 0.4) is 0 Å². The van der Waals surface area contributed by atoms with Crippen molar-refractivity contribution in [1.82, 2.24) is 0 Å². The van der Waals surface area contributed by atoms with Crippen molar-refractivity contribution in [2.75, 3.05) is 7.11 Å². The largest absolute Gasteiger partial charge is 0.496 e. The number of hydrogen-bond donors (Lipinski definition) is 1. The maximum absolute atomic E-state index is 11.6. The lowest BCUT2D eigenvalue weighted by atomic mass is 10.1. The van der Waals surface area contributed by atoms with Crippen LogP contribution in [0.2, 0.25) is 0 Å². The highest BCUT2D eigenvalue weighted by Crippen LogP contribution is 2.21. The molecule has 4 nitrogen and oxygen atoms in total. The molecule has 84 valence electrons. The lowest BCUT2D eigenvalue weighted by Crippen LogP contribution is -2.00. The molecule has 1 aromatic rings.